The molecule has 0 saturated carbocycles. The highest BCUT2D eigenvalue weighted by molar-refractivity contribution is 6.08. The highest BCUT2D eigenvalue weighted by Gasteiger charge is 2.22. The molecule has 0 saturated heterocycles. The van der Waals surface area contributed by atoms with Gasteiger partial charge in [-0.25, -0.2) is 9.97 Å². The number of benzene rings is 2. The van der Waals surface area contributed by atoms with Gasteiger partial charge in [-0.05, 0) is 30.7 Å². The van der Waals surface area contributed by atoms with Crippen LogP contribution in [0.3, 0.4) is 0 Å². The van der Waals surface area contributed by atoms with Crippen molar-refractivity contribution in [2.45, 2.75) is 19.0 Å². The van der Waals surface area contributed by atoms with Gasteiger partial charge in [0.2, 0.25) is 0 Å². The summed E-state index contributed by atoms with van der Waals surface area (Å²) >= 11 is 0. The quantitative estimate of drug-likeness (QED) is 0.491. The third-order valence-electron chi connectivity index (χ3n) is 5.00. The van der Waals surface area contributed by atoms with E-state index in [2.05, 4.69) is 16.0 Å². The van der Waals surface area contributed by atoms with Crippen molar-refractivity contribution in [3.05, 3.63) is 48.0 Å². The average molecular weight is 387 g/mol. The van der Waals surface area contributed by atoms with E-state index in [1.165, 1.54) is 0 Å². The minimum Gasteiger partial charge on any atom is -0.394 e. The second-order valence-electron chi connectivity index (χ2n) is 6.99. The number of fused-ring (bicyclic) bond motifs is 4. The maximum Gasteiger partial charge on any atom is 0.160 e. The number of rotatable bonds is 5. The zero-order chi connectivity index (χ0) is 18.3. The molecular formula is C20H23ClN4O2. The summed E-state index contributed by atoms with van der Waals surface area (Å²) in [5.41, 5.74) is 4.84. The van der Waals surface area contributed by atoms with Crippen LogP contribution in [-0.2, 0) is 13.6 Å². The number of para-hydroxylation sites is 2. The number of aliphatic hydroxyl groups excluding tert-OH is 2. The van der Waals surface area contributed by atoms with E-state index in [1.54, 1.807) is 6.92 Å². The minimum absolute atomic E-state index is 0. The summed E-state index contributed by atoms with van der Waals surface area (Å²) in [5.74, 6) is 0. The molecule has 0 bridgehead atoms. The Morgan fingerprint density at radius 2 is 1.67 bits per heavy atom. The number of halogens is 1. The predicted molar refractivity (Wildman–Crippen MR) is 110 cm³/mol. The van der Waals surface area contributed by atoms with Gasteiger partial charge in [-0.1, -0.05) is 24.3 Å². The lowest BCUT2D eigenvalue weighted by Gasteiger charge is -2.26. The van der Waals surface area contributed by atoms with Crippen LogP contribution in [0.1, 0.15) is 12.5 Å². The molecule has 4 aromatic rings. The molecule has 2 aromatic heterocycles. The van der Waals surface area contributed by atoms with Crippen molar-refractivity contribution in [2.24, 2.45) is 7.05 Å². The standard InChI is InChI=1S/C20H22N4O2.ClH/c1-20(11-25,12-26)21-10-13-6-5-9-16-17(13)18-19(24(16)2)23-15-8-4-3-7-14(15)22-18;/h3-9,21,25-26H,10-12H2,1-2H3;1H. The van der Waals surface area contributed by atoms with Gasteiger partial charge < -0.3 is 20.1 Å². The molecule has 0 radical (unpaired) electrons. The molecule has 0 amide bonds. The lowest BCUT2D eigenvalue weighted by atomic mass is 10.0. The molecule has 0 spiro atoms. The molecule has 3 N–H and O–H groups in total. The van der Waals surface area contributed by atoms with Gasteiger partial charge >= 0.3 is 0 Å². The molecule has 0 atom stereocenters. The number of hydrogen-bond donors (Lipinski definition) is 3. The van der Waals surface area contributed by atoms with Gasteiger partial charge in [0.15, 0.2) is 5.65 Å². The molecule has 0 aliphatic heterocycles. The van der Waals surface area contributed by atoms with Crippen molar-refractivity contribution < 1.29 is 10.2 Å². The minimum atomic E-state index is -0.731. The first-order valence-electron chi connectivity index (χ1n) is 8.66. The number of nitrogens with one attached hydrogen (secondary N) is 1. The predicted octanol–water partition coefficient (Wildman–Crippen LogP) is 2.53. The van der Waals surface area contributed by atoms with Crippen LogP contribution in [0.5, 0.6) is 0 Å². The van der Waals surface area contributed by atoms with Gasteiger partial charge in [0.25, 0.3) is 0 Å². The van der Waals surface area contributed by atoms with Crippen LogP contribution in [-0.4, -0.2) is 43.5 Å². The van der Waals surface area contributed by atoms with Crippen LogP contribution in [0.2, 0.25) is 0 Å². The lowest BCUT2D eigenvalue weighted by Crippen LogP contribution is -2.48. The molecule has 2 aromatic carbocycles. The van der Waals surface area contributed by atoms with Crippen molar-refractivity contribution >= 4 is 45.5 Å². The van der Waals surface area contributed by atoms with Gasteiger partial charge in [-0.2, -0.15) is 0 Å². The average Bonchev–Trinajstić information content (AvgIpc) is 2.97. The van der Waals surface area contributed by atoms with Gasteiger partial charge in [-0.15, -0.1) is 12.4 Å². The first-order valence-corrected chi connectivity index (χ1v) is 8.66. The van der Waals surface area contributed by atoms with Crippen molar-refractivity contribution in [3.8, 4) is 0 Å². The Kier molecular flexibility index (Phi) is 5.35. The Balaban J connectivity index is 0.00000210. The Morgan fingerprint density at radius 3 is 2.33 bits per heavy atom. The van der Waals surface area contributed by atoms with Crippen molar-refractivity contribution in [1.82, 2.24) is 19.9 Å². The lowest BCUT2D eigenvalue weighted by molar-refractivity contribution is 0.103. The zero-order valence-electron chi connectivity index (χ0n) is 15.3. The molecule has 0 aliphatic rings. The molecule has 4 rings (SSSR count). The Bertz CT molecular complexity index is 1110. The Labute approximate surface area is 163 Å². The highest BCUT2D eigenvalue weighted by Crippen LogP contribution is 2.30. The molecule has 0 aliphatic carbocycles. The topological polar surface area (TPSA) is 83.2 Å². The van der Waals surface area contributed by atoms with E-state index >= 15 is 0 Å². The number of aryl methyl sites for hydroxylation is 1. The third kappa shape index (κ3) is 3.26. The molecule has 7 heteroatoms. The van der Waals surface area contributed by atoms with E-state index in [4.69, 9.17) is 9.97 Å². The maximum atomic E-state index is 9.52. The molecule has 2 heterocycles. The monoisotopic (exact) mass is 386 g/mol. The van der Waals surface area contributed by atoms with E-state index in [0.717, 1.165) is 38.7 Å². The molecule has 0 unspecified atom stereocenters. The molecule has 0 fully saturated rings. The molecular weight excluding hydrogens is 364 g/mol. The Morgan fingerprint density at radius 1 is 1.00 bits per heavy atom. The second-order valence-corrected chi connectivity index (χ2v) is 6.99. The van der Waals surface area contributed by atoms with E-state index in [0.29, 0.717) is 6.54 Å². The number of hydrogen-bond acceptors (Lipinski definition) is 5. The number of aliphatic hydroxyl groups is 2. The van der Waals surface area contributed by atoms with Crippen molar-refractivity contribution in [1.29, 1.82) is 0 Å². The van der Waals surface area contributed by atoms with Gasteiger partial charge in [-0.3, -0.25) is 0 Å². The first-order chi connectivity index (χ1) is 12.6. The summed E-state index contributed by atoms with van der Waals surface area (Å²) in [6.45, 7) is 2.03. The number of aromatic nitrogens is 3. The summed E-state index contributed by atoms with van der Waals surface area (Å²) in [7, 11) is 2.00. The van der Waals surface area contributed by atoms with Gasteiger partial charge in [0.05, 0.1) is 35.3 Å². The largest absolute Gasteiger partial charge is 0.394 e. The third-order valence-corrected chi connectivity index (χ3v) is 5.00. The van der Waals surface area contributed by atoms with E-state index in [1.807, 2.05) is 43.4 Å². The van der Waals surface area contributed by atoms with E-state index in [-0.39, 0.29) is 25.6 Å². The summed E-state index contributed by atoms with van der Waals surface area (Å²) in [5, 5.41) is 23.4. The zero-order valence-corrected chi connectivity index (χ0v) is 16.1. The van der Waals surface area contributed by atoms with E-state index in [9.17, 15) is 10.2 Å². The smallest absolute Gasteiger partial charge is 0.160 e. The van der Waals surface area contributed by atoms with Crippen LogP contribution in [0.25, 0.3) is 33.1 Å². The second kappa shape index (κ2) is 7.40. The van der Waals surface area contributed by atoms with Crippen molar-refractivity contribution in [3.63, 3.8) is 0 Å². The first kappa shape index (κ1) is 19.5. The van der Waals surface area contributed by atoms with Crippen LogP contribution < -0.4 is 5.32 Å². The number of nitrogens with zero attached hydrogens (tertiary/aromatic N) is 3. The van der Waals surface area contributed by atoms with Crippen LogP contribution in [0.15, 0.2) is 42.5 Å². The van der Waals surface area contributed by atoms with Crippen LogP contribution >= 0.6 is 12.4 Å². The fourth-order valence-corrected chi connectivity index (χ4v) is 3.26. The SMILES string of the molecule is Cl.Cn1c2cccc(CNC(C)(CO)CO)c2c2nc3ccccc3nc21. The normalized spacial score (nSPS) is 12.0. The van der Waals surface area contributed by atoms with Gasteiger partial charge in [0, 0.05) is 19.0 Å². The van der Waals surface area contributed by atoms with Crippen LogP contribution in [0.4, 0.5) is 0 Å². The summed E-state index contributed by atoms with van der Waals surface area (Å²) in [6, 6.07) is 14.0. The summed E-state index contributed by atoms with van der Waals surface area (Å²) in [4.78, 5) is 9.66. The summed E-state index contributed by atoms with van der Waals surface area (Å²) < 4.78 is 2.06. The molecule has 142 valence electrons. The molecule has 27 heavy (non-hydrogen) atoms. The molecule has 6 nitrogen and oxygen atoms in total. The van der Waals surface area contributed by atoms with Gasteiger partial charge in [0.1, 0.15) is 5.52 Å². The fraction of sp³-hybridized carbons (Fsp3) is 0.300. The fourth-order valence-electron chi connectivity index (χ4n) is 3.26. The highest BCUT2D eigenvalue weighted by atomic mass is 35.5. The maximum absolute atomic E-state index is 9.52. The van der Waals surface area contributed by atoms with Crippen LogP contribution in [0, 0.1) is 0 Å². The Hall–Kier alpha value is -2.25. The summed E-state index contributed by atoms with van der Waals surface area (Å²) in [6.07, 6.45) is 0. The van der Waals surface area contributed by atoms with Crippen molar-refractivity contribution in [2.75, 3.05) is 13.2 Å². The van der Waals surface area contributed by atoms with E-state index < -0.39 is 5.54 Å².